The quantitative estimate of drug-likeness (QED) is 0.497. The van der Waals surface area contributed by atoms with Crippen LogP contribution in [-0.2, 0) is 14.4 Å². The minimum atomic E-state index is -4.76. The van der Waals surface area contributed by atoms with Crippen LogP contribution in [0.15, 0.2) is 22.1 Å². The van der Waals surface area contributed by atoms with Crippen LogP contribution >= 0.6 is 0 Å². The zero-order valence-corrected chi connectivity index (χ0v) is 11.2. The Morgan fingerprint density at radius 1 is 1.57 bits per heavy atom. The third-order valence-electron chi connectivity index (χ3n) is 2.23. The number of amides is 1. The van der Waals surface area contributed by atoms with Crippen LogP contribution in [0.4, 0.5) is 13.2 Å². The summed E-state index contributed by atoms with van der Waals surface area (Å²) in [7, 11) is 0. The molecule has 1 heterocycles. The number of carbonyl (C=O) groups is 1. The van der Waals surface area contributed by atoms with Gasteiger partial charge in [-0.05, 0) is 6.92 Å². The number of nitrogens with zero attached hydrogens (tertiary/aromatic N) is 1. The van der Waals surface area contributed by atoms with Gasteiger partial charge in [0.15, 0.2) is 11.6 Å². The molecule has 7 nitrogen and oxygen atoms in total. The fourth-order valence-corrected chi connectivity index (χ4v) is 1.47. The average molecular weight is 306 g/mol. The number of rotatable bonds is 5. The standard InChI is InChI=1S/C11H13F3N4O3/c1-6(5-21-18-7(2)20)16-8-3-15-17-9(4-19)10(8)11(12,13)14/h3,6,16-17H,5H2,1-2H3,(H,18,20). The number of allylic oxidation sites excluding steroid dienone is 2. The molecular formula is C11H13F3N4O3. The summed E-state index contributed by atoms with van der Waals surface area (Å²) in [5, 5.41) is 5.94. The summed E-state index contributed by atoms with van der Waals surface area (Å²) >= 11 is 0. The summed E-state index contributed by atoms with van der Waals surface area (Å²) in [5.41, 5.74) is 1.60. The van der Waals surface area contributed by atoms with Gasteiger partial charge in [0.1, 0.15) is 5.57 Å². The fraction of sp³-hybridized carbons (Fsp3) is 0.455. The first kappa shape index (κ1) is 16.7. The number of hydrogen-bond acceptors (Lipinski definition) is 6. The first-order chi connectivity index (χ1) is 9.75. The molecule has 1 aliphatic heterocycles. The molecule has 0 aromatic heterocycles. The average Bonchev–Trinajstić information content (AvgIpc) is 2.36. The van der Waals surface area contributed by atoms with Crippen LogP contribution in [0.3, 0.4) is 0 Å². The largest absolute Gasteiger partial charge is 0.421 e. The van der Waals surface area contributed by atoms with Gasteiger partial charge in [-0.15, -0.1) is 0 Å². The highest BCUT2D eigenvalue weighted by Gasteiger charge is 2.41. The summed E-state index contributed by atoms with van der Waals surface area (Å²) in [4.78, 5) is 25.9. The Hall–Kier alpha value is -2.32. The van der Waals surface area contributed by atoms with E-state index in [2.05, 4.69) is 10.4 Å². The SMILES string of the molecule is CC(=O)NOCC(C)NC1=C(C(F)(F)F)C(=C=O)NN=C1. The highest BCUT2D eigenvalue weighted by atomic mass is 19.4. The molecule has 0 fully saturated rings. The molecule has 0 spiro atoms. The summed E-state index contributed by atoms with van der Waals surface area (Å²) in [5.74, 6) is 0.720. The van der Waals surface area contributed by atoms with Gasteiger partial charge in [-0.25, -0.2) is 10.3 Å². The molecule has 0 bridgehead atoms. The Morgan fingerprint density at radius 3 is 2.76 bits per heavy atom. The summed E-state index contributed by atoms with van der Waals surface area (Å²) in [6.07, 6.45) is -3.86. The lowest BCUT2D eigenvalue weighted by atomic mass is 10.1. The molecule has 1 amide bonds. The van der Waals surface area contributed by atoms with E-state index in [1.807, 2.05) is 10.9 Å². The van der Waals surface area contributed by atoms with Gasteiger partial charge in [0, 0.05) is 13.0 Å². The van der Waals surface area contributed by atoms with Gasteiger partial charge < -0.3 is 5.32 Å². The molecule has 1 rings (SSSR count). The summed E-state index contributed by atoms with van der Waals surface area (Å²) in [6, 6.07) is -0.582. The number of hydrazone groups is 1. The number of nitrogens with one attached hydrogen (secondary N) is 3. The van der Waals surface area contributed by atoms with Crippen LogP contribution in [0.25, 0.3) is 0 Å². The minimum absolute atomic E-state index is 0.0877. The molecule has 1 unspecified atom stereocenters. The van der Waals surface area contributed by atoms with E-state index in [0.29, 0.717) is 0 Å². The highest BCUT2D eigenvalue weighted by molar-refractivity contribution is 5.84. The summed E-state index contributed by atoms with van der Waals surface area (Å²) in [6.45, 7) is 2.67. The molecule has 3 N–H and O–H groups in total. The Kier molecular flexibility index (Phi) is 5.51. The third-order valence-corrected chi connectivity index (χ3v) is 2.23. The first-order valence-corrected chi connectivity index (χ1v) is 5.76. The maximum Gasteiger partial charge on any atom is 0.421 e. The lowest BCUT2D eigenvalue weighted by molar-refractivity contribution is -0.131. The van der Waals surface area contributed by atoms with Crippen molar-refractivity contribution in [3.8, 4) is 0 Å². The maximum absolute atomic E-state index is 12.9. The van der Waals surface area contributed by atoms with Gasteiger partial charge >= 0.3 is 6.18 Å². The third kappa shape index (κ3) is 4.93. The lowest BCUT2D eigenvalue weighted by Gasteiger charge is -2.23. The molecule has 0 saturated carbocycles. The molecule has 21 heavy (non-hydrogen) atoms. The van der Waals surface area contributed by atoms with Gasteiger partial charge in [-0.2, -0.15) is 18.3 Å². The normalized spacial score (nSPS) is 16.1. The Labute approximate surface area is 117 Å². The van der Waals surface area contributed by atoms with E-state index < -0.39 is 35.1 Å². The molecule has 0 radical (unpaired) electrons. The van der Waals surface area contributed by atoms with Gasteiger partial charge in [0.2, 0.25) is 5.91 Å². The molecule has 116 valence electrons. The molecular weight excluding hydrogens is 293 g/mol. The van der Waals surface area contributed by atoms with Gasteiger partial charge in [-0.1, -0.05) is 0 Å². The molecule has 1 aliphatic rings. The van der Waals surface area contributed by atoms with Crippen LogP contribution in [0.5, 0.6) is 0 Å². The van der Waals surface area contributed by atoms with E-state index in [9.17, 15) is 22.8 Å². The van der Waals surface area contributed by atoms with E-state index in [-0.39, 0.29) is 6.61 Å². The van der Waals surface area contributed by atoms with Crippen molar-refractivity contribution in [2.45, 2.75) is 26.1 Å². The van der Waals surface area contributed by atoms with Gasteiger partial charge in [-0.3, -0.25) is 15.1 Å². The van der Waals surface area contributed by atoms with Crippen LogP contribution in [-0.4, -0.2) is 36.9 Å². The van der Waals surface area contributed by atoms with Crippen molar-refractivity contribution in [2.24, 2.45) is 5.10 Å². The van der Waals surface area contributed by atoms with Gasteiger partial charge in [0.25, 0.3) is 0 Å². The van der Waals surface area contributed by atoms with Crippen LogP contribution in [0.2, 0.25) is 0 Å². The topological polar surface area (TPSA) is 91.8 Å². The second kappa shape index (κ2) is 6.91. The van der Waals surface area contributed by atoms with Crippen molar-refractivity contribution in [2.75, 3.05) is 6.61 Å². The highest BCUT2D eigenvalue weighted by Crippen LogP contribution is 2.32. The monoisotopic (exact) mass is 306 g/mol. The molecule has 0 aromatic rings. The van der Waals surface area contributed by atoms with E-state index in [4.69, 9.17) is 4.84 Å². The second-order valence-corrected chi connectivity index (χ2v) is 4.15. The van der Waals surface area contributed by atoms with Crippen molar-refractivity contribution in [1.82, 2.24) is 16.2 Å². The zero-order chi connectivity index (χ0) is 16.0. The Balaban J connectivity index is 2.86. The predicted octanol–water partition coefficient (Wildman–Crippen LogP) is 0.153. The number of carbonyl (C=O) groups excluding carboxylic acids is 2. The molecule has 0 saturated heterocycles. The number of hydroxylamine groups is 1. The van der Waals surface area contributed by atoms with Crippen molar-refractivity contribution >= 4 is 18.1 Å². The number of alkyl halides is 3. The van der Waals surface area contributed by atoms with E-state index >= 15 is 0 Å². The van der Waals surface area contributed by atoms with Crippen molar-refractivity contribution in [3.63, 3.8) is 0 Å². The molecule has 0 aliphatic carbocycles. The minimum Gasteiger partial charge on any atom is -0.378 e. The lowest BCUT2D eigenvalue weighted by Crippen LogP contribution is -2.38. The summed E-state index contributed by atoms with van der Waals surface area (Å²) < 4.78 is 38.8. The van der Waals surface area contributed by atoms with E-state index in [1.165, 1.54) is 13.8 Å². The Morgan fingerprint density at radius 2 is 2.24 bits per heavy atom. The van der Waals surface area contributed by atoms with Crippen molar-refractivity contribution < 1.29 is 27.6 Å². The van der Waals surface area contributed by atoms with Crippen molar-refractivity contribution in [3.05, 3.63) is 17.0 Å². The smallest absolute Gasteiger partial charge is 0.378 e. The van der Waals surface area contributed by atoms with Crippen LogP contribution < -0.4 is 16.2 Å². The number of hydrogen-bond donors (Lipinski definition) is 3. The fourth-order valence-electron chi connectivity index (χ4n) is 1.47. The first-order valence-electron chi connectivity index (χ1n) is 5.76. The second-order valence-electron chi connectivity index (χ2n) is 4.15. The van der Waals surface area contributed by atoms with Crippen LogP contribution in [0.1, 0.15) is 13.8 Å². The molecule has 1 atom stereocenters. The number of halogens is 3. The molecule has 10 heteroatoms. The zero-order valence-electron chi connectivity index (χ0n) is 11.2. The van der Waals surface area contributed by atoms with E-state index in [0.717, 1.165) is 12.2 Å². The van der Waals surface area contributed by atoms with E-state index in [1.54, 1.807) is 0 Å². The molecule has 0 aromatic carbocycles. The van der Waals surface area contributed by atoms with Crippen molar-refractivity contribution in [1.29, 1.82) is 0 Å². The van der Waals surface area contributed by atoms with Crippen LogP contribution in [0, 0.1) is 0 Å². The Bertz CT molecular complexity index is 521. The maximum atomic E-state index is 12.9. The predicted molar refractivity (Wildman–Crippen MR) is 66.3 cm³/mol. The van der Waals surface area contributed by atoms with Gasteiger partial charge in [0.05, 0.1) is 18.5 Å².